The Morgan fingerprint density at radius 2 is 1.76 bits per heavy atom. The van der Waals surface area contributed by atoms with Gasteiger partial charge < -0.3 is 15.7 Å². The molecule has 0 aliphatic carbocycles. The monoisotopic (exact) mass is 419 g/mol. The second-order valence-corrected chi connectivity index (χ2v) is 8.31. The number of hydrogen-bond donors (Lipinski definition) is 3. The Morgan fingerprint density at radius 1 is 1.07 bits per heavy atom. The van der Waals surface area contributed by atoms with Crippen molar-refractivity contribution in [3.63, 3.8) is 0 Å². The second kappa shape index (κ2) is 9.53. The first-order valence-corrected chi connectivity index (χ1v) is 10.6. The molecule has 3 N–H and O–H groups in total. The maximum atomic E-state index is 12.6. The predicted molar refractivity (Wildman–Crippen MR) is 110 cm³/mol. The SMILES string of the molecule is CCN(CC)S(=O)(=O)c1ccc(O)c(NC(=O)CNC(=O)c2cccc(C)c2)c1. The van der Waals surface area contributed by atoms with Gasteiger partial charge in [0, 0.05) is 18.7 Å². The van der Waals surface area contributed by atoms with Crippen molar-refractivity contribution < 1.29 is 23.1 Å². The number of carbonyl (C=O) groups excluding carboxylic acids is 2. The Kier molecular flexibility index (Phi) is 7.35. The van der Waals surface area contributed by atoms with E-state index >= 15 is 0 Å². The van der Waals surface area contributed by atoms with Crippen LogP contribution in [0.5, 0.6) is 5.75 Å². The molecule has 29 heavy (non-hydrogen) atoms. The van der Waals surface area contributed by atoms with Gasteiger partial charge in [-0.15, -0.1) is 0 Å². The fraction of sp³-hybridized carbons (Fsp3) is 0.300. The molecule has 0 radical (unpaired) electrons. The lowest BCUT2D eigenvalue weighted by molar-refractivity contribution is -0.115. The Bertz CT molecular complexity index is 1000. The summed E-state index contributed by atoms with van der Waals surface area (Å²) in [4.78, 5) is 24.3. The number of nitrogens with one attached hydrogen (secondary N) is 2. The van der Waals surface area contributed by atoms with Gasteiger partial charge in [-0.05, 0) is 37.3 Å². The molecule has 0 spiro atoms. The lowest BCUT2D eigenvalue weighted by atomic mass is 10.1. The highest BCUT2D eigenvalue weighted by atomic mass is 32.2. The molecule has 0 aliphatic heterocycles. The van der Waals surface area contributed by atoms with E-state index in [1.54, 1.807) is 32.0 Å². The molecule has 2 amide bonds. The van der Waals surface area contributed by atoms with E-state index in [4.69, 9.17) is 0 Å². The first-order chi connectivity index (χ1) is 13.7. The maximum Gasteiger partial charge on any atom is 0.251 e. The predicted octanol–water partition coefficient (Wildman–Crippen LogP) is 2.10. The molecule has 156 valence electrons. The number of phenols is 1. The molecule has 2 aromatic rings. The maximum absolute atomic E-state index is 12.6. The third kappa shape index (κ3) is 5.55. The summed E-state index contributed by atoms with van der Waals surface area (Å²) in [5, 5.41) is 14.9. The molecule has 0 saturated heterocycles. The van der Waals surface area contributed by atoms with E-state index in [-0.39, 0.29) is 22.9 Å². The smallest absolute Gasteiger partial charge is 0.251 e. The van der Waals surface area contributed by atoms with Gasteiger partial charge in [-0.2, -0.15) is 4.31 Å². The van der Waals surface area contributed by atoms with Gasteiger partial charge in [-0.25, -0.2) is 8.42 Å². The van der Waals surface area contributed by atoms with Crippen LogP contribution in [0.4, 0.5) is 5.69 Å². The molecule has 8 nitrogen and oxygen atoms in total. The minimum atomic E-state index is -3.74. The van der Waals surface area contributed by atoms with Gasteiger partial charge in [0.25, 0.3) is 5.91 Å². The molecule has 0 saturated carbocycles. The molecule has 0 aromatic heterocycles. The molecule has 0 aliphatic rings. The van der Waals surface area contributed by atoms with Crippen LogP contribution in [-0.2, 0) is 14.8 Å². The van der Waals surface area contributed by atoms with Gasteiger partial charge in [-0.3, -0.25) is 9.59 Å². The van der Waals surface area contributed by atoms with Gasteiger partial charge >= 0.3 is 0 Å². The van der Waals surface area contributed by atoms with Crippen LogP contribution < -0.4 is 10.6 Å². The van der Waals surface area contributed by atoms with Crippen molar-refractivity contribution in [3.05, 3.63) is 53.6 Å². The van der Waals surface area contributed by atoms with E-state index in [1.165, 1.54) is 22.5 Å². The second-order valence-electron chi connectivity index (χ2n) is 6.37. The number of nitrogens with zero attached hydrogens (tertiary/aromatic N) is 1. The van der Waals surface area contributed by atoms with Crippen molar-refractivity contribution in [1.82, 2.24) is 9.62 Å². The van der Waals surface area contributed by atoms with Gasteiger partial charge in [0.1, 0.15) is 5.75 Å². The van der Waals surface area contributed by atoms with Gasteiger partial charge in [0.05, 0.1) is 17.1 Å². The Balaban J connectivity index is 2.09. The van der Waals surface area contributed by atoms with Crippen LogP contribution in [0.1, 0.15) is 29.8 Å². The van der Waals surface area contributed by atoms with Gasteiger partial charge in [0.15, 0.2) is 0 Å². The zero-order chi connectivity index (χ0) is 21.6. The van der Waals surface area contributed by atoms with E-state index in [0.29, 0.717) is 18.7 Å². The molecular weight excluding hydrogens is 394 g/mol. The Morgan fingerprint density at radius 3 is 2.38 bits per heavy atom. The molecule has 0 bridgehead atoms. The third-order valence-corrected chi connectivity index (χ3v) is 6.32. The van der Waals surface area contributed by atoms with E-state index in [2.05, 4.69) is 10.6 Å². The molecule has 2 rings (SSSR count). The van der Waals surface area contributed by atoms with E-state index in [0.717, 1.165) is 5.56 Å². The van der Waals surface area contributed by atoms with Crippen molar-refractivity contribution in [2.24, 2.45) is 0 Å². The zero-order valence-corrected chi connectivity index (χ0v) is 17.4. The minimum absolute atomic E-state index is 0.0434. The number of aryl methyl sites for hydroxylation is 1. The number of rotatable bonds is 8. The largest absolute Gasteiger partial charge is 0.506 e. The standard InChI is InChI=1S/C20H25N3O5S/c1-4-23(5-2)29(27,28)16-9-10-18(24)17(12-16)22-19(25)13-21-20(26)15-8-6-7-14(3)11-15/h6-12,24H,4-5,13H2,1-3H3,(H,21,26)(H,22,25). The number of amides is 2. The van der Waals surface area contributed by atoms with Crippen molar-refractivity contribution in [3.8, 4) is 5.75 Å². The third-order valence-electron chi connectivity index (χ3n) is 4.28. The van der Waals surface area contributed by atoms with Crippen LogP contribution in [0.25, 0.3) is 0 Å². The quantitative estimate of drug-likeness (QED) is 0.567. The normalized spacial score (nSPS) is 11.3. The molecule has 2 aromatic carbocycles. The minimum Gasteiger partial charge on any atom is -0.506 e. The van der Waals surface area contributed by atoms with Crippen LogP contribution in [0.2, 0.25) is 0 Å². The number of phenolic OH excluding ortho intramolecular Hbond substituents is 1. The lowest BCUT2D eigenvalue weighted by Crippen LogP contribution is -2.33. The summed E-state index contributed by atoms with van der Waals surface area (Å²) < 4.78 is 26.5. The highest BCUT2D eigenvalue weighted by molar-refractivity contribution is 7.89. The van der Waals surface area contributed by atoms with Crippen molar-refractivity contribution >= 4 is 27.5 Å². The van der Waals surface area contributed by atoms with Crippen LogP contribution >= 0.6 is 0 Å². The van der Waals surface area contributed by atoms with E-state index < -0.39 is 21.8 Å². The number of carbonyl (C=O) groups is 2. The van der Waals surface area contributed by atoms with E-state index in [9.17, 15) is 23.1 Å². The molecule has 9 heteroatoms. The average Bonchev–Trinajstić information content (AvgIpc) is 2.68. The molecule has 0 atom stereocenters. The van der Waals surface area contributed by atoms with Crippen LogP contribution in [-0.4, -0.2) is 49.3 Å². The van der Waals surface area contributed by atoms with Crippen LogP contribution in [0.15, 0.2) is 47.4 Å². The zero-order valence-electron chi connectivity index (χ0n) is 16.6. The summed E-state index contributed by atoms with van der Waals surface area (Å²) in [6.45, 7) is 5.56. The number of hydrogen-bond acceptors (Lipinski definition) is 5. The summed E-state index contributed by atoms with van der Waals surface area (Å²) >= 11 is 0. The van der Waals surface area contributed by atoms with Gasteiger partial charge in [0.2, 0.25) is 15.9 Å². The summed E-state index contributed by atoms with van der Waals surface area (Å²) in [6.07, 6.45) is 0. The van der Waals surface area contributed by atoms with Crippen LogP contribution in [0.3, 0.4) is 0 Å². The number of aromatic hydroxyl groups is 1. The summed E-state index contributed by atoms with van der Waals surface area (Å²) in [7, 11) is -3.74. The fourth-order valence-corrected chi connectivity index (χ4v) is 4.22. The van der Waals surface area contributed by atoms with Crippen molar-refractivity contribution in [1.29, 1.82) is 0 Å². The first kappa shape index (κ1) is 22.4. The number of anilines is 1. The highest BCUT2D eigenvalue weighted by Crippen LogP contribution is 2.27. The van der Waals surface area contributed by atoms with Crippen LogP contribution in [0, 0.1) is 6.92 Å². The number of sulfonamides is 1. The Labute approximate surface area is 170 Å². The van der Waals surface area contributed by atoms with E-state index in [1.807, 2.05) is 13.0 Å². The molecule has 0 heterocycles. The van der Waals surface area contributed by atoms with Crippen molar-refractivity contribution in [2.45, 2.75) is 25.7 Å². The molecule has 0 unspecified atom stereocenters. The number of benzene rings is 2. The van der Waals surface area contributed by atoms with Gasteiger partial charge in [-0.1, -0.05) is 31.5 Å². The van der Waals surface area contributed by atoms with Crippen molar-refractivity contribution in [2.75, 3.05) is 25.0 Å². The summed E-state index contributed by atoms with van der Waals surface area (Å²) in [6, 6.07) is 10.6. The molecule has 0 fully saturated rings. The fourth-order valence-electron chi connectivity index (χ4n) is 2.73. The topological polar surface area (TPSA) is 116 Å². The highest BCUT2D eigenvalue weighted by Gasteiger charge is 2.23. The Hall–Kier alpha value is -2.91. The summed E-state index contributed by atoms with van der Waals surface area (Å²) in [5.74, 6) is -1.29. The molecular formula is C20H25N3O5S. The average molecular weight is 420 g/mol. The first-order valence-electron chi connectivity index (χ1n) is 9.17. The lowest BCUT2D eigenvalue weighted by Gasteiger charge is -2.19. The summed E-state index contributed by atoms with van der Waals surface area (Å²) in [5.41, 5.74) is 1.29.